The third-order valence-corrected chi connectivity index (χ3v) is 4.33. The fraction of sp³-hybridized carbons (Fsp3) is 0.111. The molecule has 0 saturated heterocycles. The van der Waals surface area contributed by atoms with E-state index in [0.717, 1.165) is 11.4 Å². The molecule has 25 heavy (non-hydrogen) atoms. The number of benzene rings is 1. The van der Waals surface area contributed by atoms with E-state index in [1.807, 2.05) is 37.3 Å². The lowest BCUT2D eigenvalue weighted by Crippen LogP contribution is -2.13. The Bertz CT molecular complexity index is 916. The molecule has 0 spiro atoms. The summed E-state index contributed by atoms with van der Waals surface area (Å²) in [5.41, 5.74) is 1.59. The van der Waals surface area contributed by atoms with E-state index in [1.165, 1.54) is 18.0 Å². The summed E-state index contributed by atoms with van der Waals surface area (Å²) in [7, 11) is 0. The van der Waals surface area contributed by atoms with Crippen LogP contribution in [0.2, 0.25) is 0 Å². The van der Waals surface area contributed by atoms with Crippen LogP contribution < -0.4 is 5.32 Å². The molecule has 1 aromatic carbocycles. The maximum atomic E-state index is 12.4. The molecule has 6 nitrogen and oxygen atoms in total. The van der Waals surface area contributed by atoms with Crippen molar-refractivity contribution in [2.75, 3.05) is 11.1 Å². The van der Waals surface area contributed by atoms with Crippen molar-refractivity contribution < 1.29 is 4.79 Å². The van der Waals surface area contributed by atoms with Crippen molar-refractivity contribution in [3.63, 3.8) is 0 Å². The third kappa shape index (κ3) is 3.54. The van der Waals surface area contributed by atoms with Crippen molar-refractivity contribution in [3.05, 3.63) is 66.0 Å². The van der Waals surface area contributed by atoms with Gasteiger partial charge in [0, 0.05) is 12.4 Å². The van der Waals surface area contributed by atoms with E-state index in [1.54, 1.807) is 23.0 Å². The van der Waals surface area contributed by atoms with Crippen LogP contribution >= 0.6 is 11.8 Å². The molecule has 1 N–H and O–H groups in total. The van der Waals surface area contributed by atoms with E-state index in [9.17, 15) is 10.1 Å². The highest BCUT2D eigenvalue weighted by atomic mass is 32.2. The number of carbonyl (C=O) groups excluding carboxylic acids is 1. The highest BCUT2D eigenvalue weighted by Crippen LogP contribution is 2.30. The Hall–Kier alpha value is -3.11. The number of thioether (sulfide) groups is 1. The largest absolute Gasteiger partial charge is 0.304 e. The molecule has 1 amide bonds. The Kier molecular flexibility index (Phi) is 5.11. The van der Waals surface area contributed by atoms with Crippen LogP contribution in [0.5, 0.6) is 0 Å². The van der Waals surface area contributed by atoms with Crippen LogP contribution in [-0.2, 0) is 0 Å². The van der Waals surface area contributed by atoms with Gasteiger partial charge in [-0.2, -0.15) is 5.26 Å². The second kappa shape index (κ2) is 7.64. The van der Waals surface area contributed by atoms with Crippen LogP contribution in [0.1, 0.15) is 22.8 Å². The van der Waals surface area contributed by atoms with Crippen LogP contribution in [0, 0.1) is 11.3 Å². The second-order valence-corrected chi connectivity index (χ2v) is 6.27. The zero-order chi connectivity index (χ0) is 17.6. The highest BCUT2D eigenvalue weighted by molar-refractivity contribution is 7.99. The first-order valence-electron chi connectivity index (χ1n) is 7.67. The predicted octanol–water partition coefficient (Wildman–Crippen LogP) is 3.50. The smallest absolute Gasteiger partial charge is 0.258 e. The van der Waals surface area contributed by atoms with Gasteiger partial charge in [0.05, 0.1) is 11.3 Å². The summed E-state index contributed by atoms with van der Waals surface area (Å²) in [6.07, 6.45) is 3.06. The van der Waals surface area contributed by atoms with Crippen molar-refractivity contribution in [2.24, 2.45) is 0 Å². The normalized spacial score (nSPS) is 10.2. The lowest BCUT2D eigenvalue weighted by Gasteiger charge is -2.05. The quantitative estimate of drug-likeness (QED) is 0.713. The van der Waals surface area contributed by atoms with E-state index < -0.39 is 0 Å². The first-order chi connectivity index (χ1) is 12.2. The van der Waals surface area contributed by atoms with Gasteiger partial charge >= 0.3 is 0 Å². The van der Waals surface area contributed by atoms with E-state index in [0.29, 0.717) is 16.2 Å². The molecule has 0 aliphatic carbocycles. The molecule has 0 saturated carbocycles. The van der Waals surface area contributed by atoms with Crippen molar-refractivity contribution in [3.8, 4) is 11.8 Å². The van der Waals surface area contributed by atoms with Gasteiger partial charge < -0.3 is 5.32 Å². The summed E-state index contributed by atoms with van der Waals surface area (Å²) in [6, 6.07) is 15.0. The lowest BCUT2D eigenvalue weighted by molar-refractivity contribution is 0.102. The molecule has 124 valence electrons. The van der Waals surface area contributed by atoms with Gasteiger partial charge in [0.25, 0.3) is 5.91 Å². The number of para-hydroxylation sites is 1. The molecule has 0 fully saturated rings. The summed E-state index contributed by atoms with van der Waals surface area (Å²) < 4.78 is 1.69. The minimum Gasteiger partial charge on any atom is -0.304 e. The average molecular weight is 349 g/mol. The molecule has 0 radical (unpaired) electrons. The molecule has 0 aliphatic rings. The van der Waals surface area contributed by atoms with E-state index in [4.69, 9.17) is 0 Å². The summed E-state index contributed by atoms with van der Waals surface area (Å²) in [4.78, 5) is 16.3. The zero-order valence-electron chi connectivity index (χ0n) is 13.5. The zero-order valence-corrected chi connectivity index (χ0v) is 14.3. The Morgan fingerprint density at radius 2 is 2.08 bits per heavy atom. The SMILES string of the molecule is CCSc1c(C#N)c(NC(=O)c2cccnc2)nn1-c1ccccc1. The van der Waals surface area contributed by atoms with Crippen molar-refractivity contribution in [2.45, 2.75) is 11.9 Å². The van der Waals surface area contributed by atoms with Crippen molar-refractivity contribution in [1.29, 1.82) is 5.26 Å². The summed E-state index contributed by atoms with van der Waals surface area (Å²) >= 11 is 1.51. The number of aromatic nitrogens is 3. The summed E-state index contributed by atoms with van der Waals surface area (Å²) in [5.74, 6) is 0.676. The second-order valence-electron chi connectivity index (χ2n) is 5.02. The van der Waals surface area contributed by atoms with Crippen molar-refractivity contribution >= 4 is 23.5 Å². The molecule has 2 heterocycles. The molecule has 7 heteroatoms. The summed E-state index contributed by atoms with van der Waals surface area (Å²) in [5, 5.41) is 17.5. The minimum absolute atomic E-state index is 0.246. The number of hydrogen-bond acceptors (Lipinski definition) is 5. The van der Waals surface area contributed by atoms with E-state index >= 15 is 0 Å². The molecule has 3 rings (SSSR count). The maximum Gasteiger partial charge on any atom is 0.258 e. The standard InChI is InChI=1S/C18H15N5OS/c1-2-25-18-15(11-19)16(21-17(24)13-7-6-10-20-12-13)22-23(18)14-8-4-3-5-9-14/h3-10,12H,2H2,1H3,(H,21,22,24). The van der Waals surface area contributed by atoms with Crippen LogP contribution in [0.3, 0.4) is 0 Å². The Labute approximate surface area is 149 Å². The molecule has 3 aromatic rings. The third-order valence-electron chi connectivity index (χ3n) is 3.39. The molecule has 0 unspecified atom stereocenters. The molecule has 0 atom stereocenters. The number of hydrogen-bond donors (Lipinski definition) is 1. The highest BCUT2D eigenvalue weighted by Gasteiger charge is 2.21. The first-order valence-corrected chi connectivity index (χ1v) is 8.66. The molecular formula is C18H15N5OS. The van der Waals surface area contributed by atoms with E-state index in [-0.39, 0.29) is 11.7 Å². The number of rotatable bonds is 5. The van der Waals surface area contributed by atoms with Gasteiger partial charge in [-0.1, -0.05) is 25.1 Å². The average Bonchev–Trinajstić information content (AvgIpc) is 3.00. The van der Waals surface area contributed by atoms with Crippen LogP contribution in [0.4, 0.5) is 5.82 Å². The number of nitrogens with one attached hydrogen (secondary N) is 1. The molecule has 2 aromatic heterocycles. The van der Waals surface area contributed by atoms with Crippen molar-refractivity contribution in [1.82, 2.24) is 14.8 Å². The van der Waals surface area contributed by atoms with Gasteiger partial charge in [0.1, 0.15) is 16.7 Å². The van der Waals surface area contributed by atoms with E-state index in [2.05, 4.69) is 21.5 Å². The molecule has 0 aliphatic heterocycles. The number of nitrogens with zero attached hydrogens (tertiary/aromatic N) is 4. The number of carbonyl (C=O) groups is 1. The summed E-state index contributed by atoms with van der Waals surface area (Å²) in [6.45, 7) is 2.00. The van der Waals surface area contributed by atoms with Gasteiger partial charge in [0.2, 0.25) is 0 Å². The Balaban J connectivity index is 2.02. The van der Waals surface area contributed by atoms with Crippen LogP contribution in [-0.4, -0.2) is 26.4 Å². The number of anilines is 1. The number of pyridine rings is 1. The van der Waals surface area contributed by atoms with Gasteiger partial charge in [-0.15, -0.1) is 16.9 Å². The fourth-order valence-corrected chi connectivity index (χ4v) is 3.11. The number of amides is 1. The maximum absolute atomic E-state index is 12.4. The Morgan fingerprint density at radius 3 is 2.72 bits per heavy atom. The monoisotopic (exact) mass is 349 g/mol. The lowest BCUT2D eigenvalue weighted by atomic mass is 10.2. The first kappa shape index (κ1) is 16.7. The van der Waals surface area contributed by atoms with Crippen LogP contribution in [0.25, 0.3) is 5.69 Å². The Morgan fingerprint density at radius 1 is 1.28 bits per heavy atom. The fourth-order valence-electron chi connectivity index (χ4n) is 2.28. The van der Waals surface area contributed by atoms with Gasteiger partial charge in [-0.3, -0.25) is 9.78 Å². The number of nitriles is 1. The minimum atomic E-state index is -0.352. The van der Waals surface area contributed by atoms with Crippen LogP contribution in [0.15, 0.2) is 59.9 Å². The molecule has 0 bridgehead atoms. The molecular weight excluding hydrogens is 334 g/mol. The van der Waals surface area contributed by atoms with Gasteiger partial charge in [-0.25, -0.2) is 4.68 Å². The van der Waals surface area contributed by atoms with Gasteiger partial charge in [-0.05, 0) is 30.0 Å². The van der Waals surface area contributed by atoms with Gasteiger partial charge in [0.15, 0.2) is 5.82 Å². The topological polar surface area (TPSA) is 83.6 Å². The predicted molar refractivity (Wildman–Crippen MR) is 96.9 cm³/mol.